The number of benzene rings is 2. The number of amides is 2. The van der Waals surface area contributed by atoms with Gasteiger partial charge < -0.3 is 10.2 Å². The molecule has 2 aromatic carbocycles. The fourth-order valence-corrected chi connectivity index (χ4v) is 4.93. The van der Waals surface area contributed by atoms with Crippen molar-refractivity contribution in [3.05, 3.63) is 65.7 Å². The van der Waals surface area contributed by atoms with Gasteiger partial charge >= 0.3 is 0 Å². The van der Waals surface area contributed by atoms with Crippen molar-refractivity contribution in [3.8, 4) is 0 Å². The monoisotopic (exact) mass is 501 g/mol. The molecule has 2 aromatic rings. The van der Waals surface area contributed by atoms with E-state index in [0.717, 1.165) is 24.0 Å². The Morgan fingerprint density at radius 3 is 2.14 bits per heavy atom. The zero-order chi connectivity index (χ0) is 25.8. The lowest BCUT2D eigenvalue weighted by atomic mass is 10.1. The van der Waals surface area contributed by atoms with Crippen LogP contribution in [0.4, 0.5) is 5.69 Å². The van der Waals surface area contributed by atoms with E-state index in [2.05, 4.69) is 5.32 Å². The van der Waals surface area contributed by atoms with E-state index >= 15 is 0 Å². The third-order valence-electron chi connectivity index (χ3n) is 5.92. The SMILES string of the molecule is CCCNC(=O)[C@@H](CC)N(Cc1ccccc1)C(=O)CCCN(c1ccc(CC)cc1)S(C)(=O)=O. The molecule has 2 rings (SSSR count). The lowest BCUT2D eigenvalue weighted by Gasteiger charge is -2.31. The third kappa shape index (κ3) is 8.69. The number of aryl methyl sites for hydroxylation is 1. The molecule has 0 aliphatic carbocycles. The number of sulfonamides is 1. The average molecular weight is 502 g/mol. The van der Waals surface area contributed by atoms with Crippen molar-refractivity contribution < 1.29 is 18.0 Å². The minimum absolute atomic E-state index is 0.142. The predicted molar refractivity (Wildman–Crippen MR) is 142 cm³/mol. The summed E-state index contributed by atoms with van der Waals surface area (Å²) in [4.78, 5) is 27.8. The summed E-state index contributed by atoms with van der Waals surface area (Å²) in [6, 6.07) is 16.4. The average Bonchev–Trinajstić information content (AvgIpc) is 2.85. The van der Waals surface area contributed by atoms with Crippen molar-refractivity contribution in [2.45, 2.75) is 65.5 Å². The van der Waals surface area contributed by atoms with Crippen LogP contribution in [0.2, 0.25) is 0 Å². The minimum atomic E-state index is -3.50. The highest BCUT2D eigenvalue weighted by Gasteiger charge is 2.28. The second-order valence-electron chi connectivity index (χ2n) is 8.68. The Balaban J connectivity index is 2.16. The summed E-state index contributed by atoms with van der Waals surface area (Å²) in [5, 5.41) is 2.91. The van der Waals surface area contributed by atoms with Crippen LogP contribution < -0.4 is 9.62 Å². The van der Waals surface area contributed by atoms with Crippen LogP contribution in [-0.2, 0) is 32.6 Å². The van der Waals surface area contributed by atoms with Gasteiger partial charge in [0.05, 0.1) is 11.9 Å². The summed E-state index contributed by atoms with van der Waals surface area (Å²) in [5.74, 6) is -0.324. The number of hydrogen-bond acceptors (Lipinski definition) is 4. The van der Waals surface area contributed by atoms with Crippen molar-refractivity contribution in [1.82, 2.24) is 10.2 Å². The lowest BCUT2D eigenvalue weighted by Crippen LogP contribution is -2.49. The Morgan fingerprint density at radius 1 is 0.943 bits per heavy atom. The molecule has 0 saturated carbocycles. The Labute approximate surface area is 210 Å². The van der Waals surface area contributed by atoms with E-state index in [-0.39, 0.29) is 24.8 Å². The molecule has 8 heteroatoms. The van der Waals surface area contributed by atoms with E-state index in [1.807, 2.05) is 63.2 Å². The Bertz CT molecular complexity index is 1040. The van der Waals surface area contributed by atoms with E-state index in [1.54, 1.807) is 17.0 Å². The number of anilines is 1. The lowest BCUT2D eigenvalue weighted by molar-refractivity contribution is -0.141. The molecular formula is C27H39N3O4S. The minimum Gasteiger partial charge on any atom is -0.354 e. The van der Waals surface area contributed by atoms with Gasteiger partial charge in [0.1, 0.15) is 6.04 Å². The van der Waals surface area contributed by atoms with Crippen LogP contribution in [0.15, 0.2) is 54.6 Å². The van der Waals surface area contributed by atoms with Gasteiger partial charge in [-0.2, -0.15) is 0 Å². The molecule has 2 amide bonds. The molecule has 0 spiro atoms. The maximum Gasteiger partial charge on any atom is 0.242 e. The number of carbonyl (C=O) groups excluding carboxylic acids is 2. The first-order chi connectivity index (χ1) is 16.7. The zero-order valence-corrected chi connectivity index (χ0v) is 22.2. The van der Waals surface area contributed by atoms with Gasteiger partial charge in [0, 0.05) is 26.1 Å². The molecule has 0 heterocycles. The summed E-state index contributed by atoms with van der Waals surface area (Å²) in [6.45, 7) is 7.00. The fraction of sp³-hybridized carbons (Fsp3) is 0.481. The predicted octanol–water partition coefficient (Wildman–Crippen LogP) is 4.13. The molecule has 0 unspecified atom stereocenters. The first-order valence-electron chi connectivity index (χ1n) is 12.4. The molecule has 0 fully saturated rings. The van der Waals surface area contributed by atoms with Crippen LogP contribution in [0.3, 0.4) is 0 Å². The van der Waals surface area contributed by atoms with E-state index in [1.165, 1.54) is 10.6 Å². The van der Waals surface area contributed by atoms with E-state index < -0.39 is 16.1 Å². The molecule has 0 radical (unpaired) electrons. The molecule has 7 nitrogen and oxygen atoms in total. The van der Waals surface area contributed by atoms with Crippen LogP contribution >= 0.6 is 0 Å². The van der Waals surface area contributed by atoms with Gasteiger partial charge in [-0.1, -0.05) is 63.2 Å². The van der Waals surface area contributed by atoms with Gasteiger partial charge in [0.25, 0.3) is 0 Å². The maximum absolute atomic E-state index is 13.4. The molecular weight excluding hydrogens is 462 g/mol. The van der Waals surface area contributed by atoms with Crippen LogP contribution in [0.25, 0.3) is 0 Å². The Hall–Kier alpha value is -2.87. The first-order valence-corrected chi connectivity index (χ1v) is 14.2. The third-order valence-corrected chi connectivity index (χ3v) is 7.11. The second-order valence-corrected chi connectivity index (χ2v) is 10.6. The van der Waals surface area contributed by atoms with Crippen molar-refractivity contribution in [2.24, 2.45) is 0 Å². The second kappa shape index (κ2) is 13.9. The van der Waals surface area contributed by atoms with Gasteiger partial charge in [-0.05, 0) is 48.9 Å². The van der Waals surface area contributed by atoms with Crippen LogP contribution in [0.1, 0.15) is 57.6 Å². The fourth-order valence-electron chi connectivity index (χ4n) is 3.97. The van der Waals surface area contributed by atoms with Crippen LogP contribution in [-0.4, -0.2) is 50.5 Å². The molecule has 1 atom stereocenters. The number of hydrogen-bond donors (Lipinski definition) is 1. The quantitative estimate of drug-likeness (QED) is 0.422. The van der Waals surface area contributed by atoms with E-state index in [9.17, 15) is 18.0 Å². The van der Waals surface area contributed by atoms with E-state index in [0.29, 0.717) is 31.6 Å². The van der Waals surface area contributed by atoms with Gasteiger partial charge in [-0.3, -0.25) is 13.9 Å². The summed E-state index contributed by atoms with van der Waals surface area (Å²) in [5.41, 5.74) is 2.65. The topological polar surface area (TPSA) is 86.8 Å². The van der Waals surface area contributed by atoms with Crippen molar-refractivity contribution in [2.75, 3.05) is 23.7 Å². The number of nitrogens with one attached hydrogen (secondary N) is 1. The van der Waals surface area contributed by atoms with Crippen molar-refractivity contribution in [1.29, 1.82) is 0 Å². The number of rotatable bonds is 14. The molecule has 192 valence electrons. The molecule has 0 aliphatic rings. The molecule has 35 heavy (non-hydrogen) atoms. The normalized spacial score (nSPS) is 12.1. The first kappa shape index (κ1) is 28.4. The highest BCUT2D eigenvalue weighted by atomic mass is 32.2. The largest absolute Gasteiger partial charge is 0.354 e. The van der Waals surface area contributed by atoms with Gasteiger partial charge in [-0.15, -0.1) is 0 Å². The summed E-state index contributed by atoms with van der Waals surface area (Å²) in [6.07, 6.45) is 3.84. The van der Waals surface area contributed by atoms with Crippen molar-refractivity contribution in [3.63, 3.8) is 0 Å². The van der Waals surface area contributed by atoms with Crippen molar-refractivity contribution >= 4 is 27.5 Å². The van der Waals surface area contributed by atoms with Gasteiger partial charge in [-0.25, -0.2) is 8.42 Å². The molecule has 0 saturated heterocycles. The molecule has 0 aromatic heterocycles. The zero-order valence-electron chi connectivity index (χ0n) is 21.4. The number of nitrogens with zero attached hydrogens (tertiary/aromatic N) is 2. The molecule has 0 aliphatic heterocycles. The highest BCUT2D eigenvalue weighted by Crippen LogP contribution is 2.20. The highest BCUT2D eigenvalue weighted by molar-refractivity contribution is 7.92. The van der Waals surface area contributed by atoms with Gasteiger partial charge in [0.2, 0.25) is 21.8 Å². The standard InChI is InChI=1S/C27H39N3O4S/c1-5-19-28-27(32)25(7-3)29(21-23-12-9-8-10-13-23)26(31)14-11-20-30(35(4,33)34)24-17-15-22(6-2)16-18-24/h8-10,12-13,15-18,25H,5-7,11,14,19-21H2,1-4H3,(H,28,32)/t25-/m1/s1. The molecule has 1 N–H and O–H groups in total. The number of carbonyl (C=O) groups is 2. The van der Waals surface area contributed by atoms with Crippen LogP contribution in [0.5, 0.6) is 0 Å². The molecule has 0 bridgehead atoms. The summed E-state index contributed by atoms with van der Waals surface area (Å²) < 4.78 is 26.3. The van der Waals surface area contributed by atoms with E-state index in [4.69, 9.17) is 0 Å². The smallest absolute Gasteiger partial charge is 0.242 e. The van der Waals surface area contributed by atoms with Gasteiger partial charge in [0.15, 0.2) is 0 Å². The summed E-state index contributed by atoms with van der Waals surface area (Å²) in [7, 11) is -3.50. The Morgan fingerprint density at radius 2 is 1.60 bits per heavy atom. The Kier molecular flexibility index (Phi) is 11.2. The van der Waals surface area contributed by atoms with Crippen LogP contribution in [0, 0.1) is 0 Å². The maximum atomic E-state index is 13.4. The summed E-state index contributed by atoms with van der Waals surface area (Å²) >= 11 is 0.